The average Bonchev–Trinajstić information content (AvgIpc) is 2.75. The van der Waals surface area contributed by atoms with Crippen molar-refractivity contribution in [2.24, 2.45) is 0 Å². The maximum Gasteiger partial charge on any atom is 0.339 e. The molecule has 1 N–H and O–H groups in total. The highest BCUT2D eigenvalue weighted by atomic mass is 16.6. The number of hydrogen-bond acceptors (Lipinski definition) is 4. The summed E-state index contributed by atoms with van der Waals surface area (Å²) in [7, 11) is 0. The van der Waals surface area contributed by atoms with E-state index in [0.717, 1.165) is 5.56 Å². The first-order valence-corrected chi connectivity index (χ1v) is 5.09. The molecule has 84 valence electrons. The van der Waals surface area contributed by atoms with Gasteiger partial charge in [-0.15, -0.1) is 0 Å². The molecule has 2 heterocycles. The van der Waals surface area contributed by atoms with Crippen LogP contribution in [0.25, 0.3) is 0 Å². The Morgan fingerprint density at radius 2 is 1.75 bits per heavy atom. The normalized spacial score (nSPS) is 16.5. The summed E-state index contributed by atoms with van der Waals surface area (Å²) in [5, 5.41) is 9.10. The molecule has 0 saturated carbocycles. The Morgan fingerprint density at radius 3 is 2.50 bits per heavy atom. The summed E-state index contributed by atoms with van der Waals surface area (Å²) >= 11 is 0. The van der Waals surface area contributed by atoms with Crippen molar-refractivity contribution in [3.05, 3.63) is 17.2 Å². The molecule has 0 radical (unpaired) electrons. The summed E-state index contributed by atoms with van der Waals surface area (Å²) in [6, 6.07) is 1.61. The second-order valence-corrected chi connectivity index (χ2v) is 3.67. The number of carboxylic acid groups (broad SMARTS) is 1. The second-order valence-electron chi connectivity index (χ2n) is 3.67. The van der Waals surface area contributed by atoms with Crippen LogP contribution in [-0.2, 0) is 6.42 Å². The summed E-state index contributed by atoms with van der Waals surface area (Å²) in [6.07, 6.45) is 0.715. The lowest BCUT2D eigenvalue weighted by molar-refractivity contribution is 0.0685. The fraction of sp³-hybridized carbons (Fsp3) is 0.364. The van der Waals surface area contributed by atoms with Gasteiger partial charge in [0.25, 0.3) is 0 Å². The van der Waals surface area contributed by atoms with Crippen LogP contribution in [0.2, 0.25) is 0 Å². The molecule has 16 heavy (non-hydrogen) atoms. The summed E-state index contributed by atoms with van der Waals surface area (Å²) in [4.78, 5) is 11.1. The fourth-order valence-electron chi connectivity index (χ4n) is 2.00. The Labute approximate surface area is 91.5 Å². The van der Waals surface area contributed by atoms with Gasteiger partial charge in [0.2, 0.25) is 5.75 Å². The lowest BCUT2D eigenvalue weighted by Gasteiger charge is -2.21. The highest BCUT2D eigenvalue weighted by Gasteiger charge is 2.29. The van der Waals surface area contributed by atoms with Crippen molar-refractivity contribution in [1.82, 2.24) is 0 Å². The van der Waals surface area contributed by atoms with Crippen LogP contribution in [0, 0.1) is 0 Å². The standard InChI is InChI=1S/C11H10O5/c12-11(13)7-5-6-1-2-14-8(6)10-9(7)15-3-4-16-10/h5H,1-4H2,(H,12,13). The van der Waals surface area contributed by atoms with E-state index in [1.165, 1.54) is 0 Å². The number of carboxylic acids is 1. The molecule has 0 fully saturated rings. The minimum Gasteiger partial charge on any atom is -0.489 e. The number of aromatic carboxylic acids is 1. The molecule has 5 nitrogen and oxygen atoms in total. The molecule has 0 atom stereocenters. The third-order valence-corrected chi connectivity index (χ3v) is 2.69. The number of rotatable bonds is 1. The first-order valence-electron chi connectivity index (χ1n) is 5.09. The summed E-state index contributed by atoms with van der Waals surface area (Å²) in [5.74, 6) is 0.370. The van der Waals surface area contributed by atoms with Gasteiger partial charge in [0.15, 0.2) is 11.5 Å². The highest BCUT2D eigenvalue weighted by molar-refractivity contribution is 5.93. The Bertz CT molecular complexity index is 466. The van der Waals surface area contributed by atoms with Crippen molar-refractivity contribution in [3.63, 3.8) is 0 Å². The van der Waals surface area contributed by atoms with Gasteiger partial charge in [-0.2, -0.15) is 0 Å². The highest BCUT2D eigenvalue weighted by Crippen LogP contribution is 2.46. The molecule has 0 aromatic heterocycles. The van der Waals surface area contributed by atoms with Crippen LogP contribution in [0.3, 0.4) is 0 Å². The van der Waals surface area contributed by atoms with E-state index >= 15 is 0 Å². The van der Waals surface area contributed by atoms with E-state index in [4.69, 9.17) is 19.3 Å². The van der Waals surface area contributed by atoms with Crippen molar-refractivity contribution in [1.29, 1.82) is 0 Å². The molecule has 1 aromatic carbocycles. The smallest absolute Gasteiger partial charge is 0.339 e. The third-order valence-electron chi connectivity index (χ3n) is 2.69. The van der Waals surface area contributed by atoms with E-state index < -0.39 is 5.97 Å². The van der Waals surface area contributed by atoms with E-state index in [9.17, 15) is 4.79 Å². The van der Waals surface area contributed by atoms with Crippen molar-refractivity contribution in [2.45, 2.75) is 6.42 Å². The van der Waals surface area contributed by atoms with Gasteiger partial charge in [0.1, 0.15) is 18.8 Å². The molecular weight excluding hydrogens is 212 g/mol. The predicted molar refractivity (Wildman–Crippen MR) is 53.6 cm³/mol. The number of ether oxygens (including phenoxy) is 3. The van der Waals surface area contributed by atoms with Crippen molar-refractivity contribution in [3.8, 4) is 17.2 Å². The lowest BCUT2D eigenvalue weighted by Crippen LogP contribution is -2.18. The third kappa shape index (κ3) is 1.21. The Balaban J connectivity index is 2.24. The maximum atomic E-state index is 11.1. The van der Waals surface area contributed by atoms with Gasteiger partial charge in [0, 0.05) is 12.0 Å². The van der Waals surface area contributed by atoms with Crippen molar-refractivity contribution in [2.75, 3.05) is 19.8 Å². The molecule has 1 aromatic rings. The van der Waals surface area contributed by atoms with Crippen LogP contribution in [0.1, 0.15) is 15.9 Å². The summed E-state index contributed by atoms with van der Waals surface area (Å²) in [6.45, 7) is 1.35. The molecular formula is C11H10O5. The zero-order chi connectivity index (χ0) is 11.1. The van der Waals surface area contributed by atoms with Gasteiger partial charge < -0.3 is 19.3 Å². The molecule has 2 aliphatic heterocycles. The van der Waals surface area contributed by atoms with Gasteiger partial charge in [0.05, 0.1) is 6.61 Å². The zero-order valence-electron chi connectivity index (χ0n) is 8.49. The Hall–Kier alpha value is -1.91. The Kier molecular flexibility index (Phi) is 1.92. The maximum absolute atomic E-state index is 11.1. The monoisotopic (exact) mass is 222 g/mol. The fourth-order valence-corrected chi connectivity index (χ4v) is 2.00. The first-order chi connectivity index (χ1) is 7.77. The largest absolute Gasteiger partial charge is 0.489 e. The lowest BCUT2D eigenvalue weighted by atomic mass is 10.1. The minimum atomic E-state index is -1.00. The van der Waals surface area contributed by atoms with E-state index in [1.807, 2.05) is 0 Å². The Morgan fingerprint density at radius 1 is 1.06 bits per heavy atom. The number of benzene rings is 1. The summed E-state index contributed by atoms with van der Waals surface area (Å²) in [5.41, 5.74) is 1.03. The van der Waals surface area contributed by atoms with Gasteiger partial charge in [-0.05, 0) is 6.07 Å². The van der Waals surface area contributed by atoms with E-state index in [1.54, 1.807) is 6.07 Å². The minimum absolute atomic E-state index is 0.152. The van der Waals surface area contributed by atoms with Crippen LogP contribution >= 0.6 is 0 Å². The van der Waals surface area contributed by atoms with Crippen molar-refractivity contribution >= 4 is 5.97 Å². The molecule has 0 aliphatic carbocycles. The molecule has 2 aliphatic rings. The SMILES string of the molecule is O=C(O)c1cc2c(c3c1OCCO3)OCC2. The van der Waals surface area contributed by atoms with E-state index in [2.05, 4.69) is 0 Å². The number of fused-ring (bicyclic) bond motifs is 3. The van der Waals surface area contributed by atoms with Gasteiger partial charge in [-0.1, -0.05) is 0 Å². The zero-order valence-corrected chi connectivity index (χ0v) is 8.49. The van der Waals surface area contributed by atoms with Crippen LogP contribution in [-0.4, -0.2) is 30.9 Å². The van der Waals surface area contributed by atoms with Gasteiger partial charge in [-0.3, -0.25) is 0 Å². The molecule has 0 bridgehead atoms. The van der Waals surface area contributed by atoms with Crippen molar-refractivity contribution < 1.29 is 24.1 Å². The molecule has 0 unspecified atom stereocenters. The quantitative estimate of drug-likeness (QED) is 0.770. The molecule has 0 saturated heterocycles. The predicted octanol–water partition coefficient (Wildman–Crippen LogP) is 1.09. The first kappa shape index (κ1) is 9.33. The number of carbonyl (C=O) groups is 1. The molecule has 0 spiro atoms. The van der Waals surface area contributed by atoms with Gasteiger partial charge in [-0.25, -0.2) is 4.79 Å². The van der Waals surface area contributed by atoms with Gasteiger partial charge >= 0.3 is 5.97 Å². The molecule has 3 rings (SSSR count). The average molecular weight is 222 g/mol. The van der Waals surface area contributed by atoms with E-state index in [-0.39, 0.29) is 5.56 Å². The van der Waals surface area contributed by atoms with Crippen LogP contribution in [0.5, 0.6) is 17.2 Å². The van der Waals surface area contributed by atoms with E-state index in [0.29, 0.717) is 43.5 Å². The second kappa shape index (κ2) is 3.30. The van der Waals surface area contributed by atoms with Crippen LogP contribution < -0.4 is 14.2 Å². The topological polar surface area (TPSA) is 65.0 Å². The number of hydrogen-bond donors (Lipinski definition) is 1. The summed E-state index contributed by atoms with van der Waals surface area (Å²) < 4.78 is 16.2. The van der Waals surface area contributed by atoms with Crippen LogP contribution in [0.15, 0.2) is 6.07 Å². The molecule has 5 heteroatoms. The molecule has 0 amide bonds. The van der Waals surface area contributed by atoms with Crippen LogP contribution in [0.4, 0.5) is 0 Å².